The summed E-state index contributed by atoms with van der Waals surface area (Å²) in [6, 6.07) is 0. The van der Waals surface area contributed by atoms with Crippen LogP contribution in [0.15, 0.2) is 16.9 Å². The van der Waals surface area contributed by atoms with Gasteiger partial charge in [-0.25, -0.2) is 0 Å². The van der Waals surface area contributed by atoms with Crippen molar-refractivity contribution in [3.63, 3.8) is 0 Å². The molecule has 0 saturated heterocycles. The summed E-state index contributed by atoms with van der Waals surface area (Å²) in [6.07, 6.45) is 1.78. The van der Waals surface area contributed by atoms with Crippen LogP contribution in [0.2, 0.25) is 0 Å². The van der Waals surface area contributed by atoms with E-state index >= 15 is 0 Å². The Bertz CT molecular complexity index is 231. The maximum absolute atomic E-state index is 4.89. The van der Waals surface area contributed by atoms with Crippen LogP contribution in [-0.4, -0.2) is 17.3 Å². The predicted molar refractivity (Wildman–Crippen MR) is 46.0 cm³/mol. The molecule has 1 rings (SSSR count). The number of aromatic nitrogens is 1. The van der Waals surface area contributed by atoms with Crippen molar-refractivity contribution in [1.29, 1.82) is 0 Å². The summed E-state index contributed by atoms with van der Waals surface area (Å²) >= 11 is 1.56. The van der Waals surface area contributed by atoms with Gasteiger partial charge in [0.1, 0.15) is 6.61 Å². The number of nitrogens with zero attached hydrogens (tertiary/aromatic N) is 2. The van der Waals surface area contributed by atoms with Crippen molar-refractivity contribution in [2.75, 3.05) is 6.61 Å². The van der Waals surface area contributed by atoms with Crippen LogP contribution in [0.3, 0.4) is 0 Å². The lowest BCUT2D eigenvalue weighted by atomic mass is 10.4. The molecule has 0 atom stereocenters. The Labute approximate surface area is 69.7 Å². The zero-order valence-corrected chi connectivity index (χ0v) is 7.39. The monoisotopic (exact) mass is 170 g/mol. The van der Waals surface area contributed by atoms with Gasteiger partial charge in [-0.3, -0.25) is 4.98 Å². The molecule has 1 aromatic rings. The summed E-state index contributed by atoms with van der Waals surface area (Å²) in [7, 11) is 0. The highest BCUT2D eigenvalue weighted by Crippen LogP contribution is 2.06. The first-order chi connectivity index (χ1) is 5.34. The minimum atomic E-state index is 0.607. The van der Waals surface area contributed by atoms with Gasteiger partial charge in [0.25, 0.3) is 0 Å². The van der Waals surface area contributed by atoms with E-state index in [1.165, 1.54) is 0 Å². The summed E-state index contributed by atoms with van der Waals surface area (Å²) in [5.74, 6) is 0. The van der Waals surface area contributed by atoms with Crippen molar-refractivity contribution in [2.45, 2.75) is 13.8 Å². The molecular weight excluding hydrogens is 160 g/mol. The van der Waals surface area contributed by atoms with Crippen molar-refractivity contribution in [1.82, 2.24) is 4.98 Å². The Kier molecular flexibility index (Phi) is 3.04. The molecule has 60 valence electrons. The van der Waals surface area contributed by atoms with Gasteiger partial charge in [-0.05, 0) is 13.8 Å². The molecule has 0 N–H and O–H groups in total. The van der Waals surface area contributed by atoms with Gasteiger partial charge in [-0.2, -0.15) is 0 Å². The normalized spacial score (nSPS) is 11.6. The summed E-state index contributed by atoms with van der Waals surface area (Å²) < 4.78 is 0. The fourth-order valence-electron chi connectivity index (χ4n) is 0.601. The second-order valence-electron chi connectivity index (χ2n) is 1.96. The van der Waals surface area contributed by atoms with E-state index in [-0.39, 0.29) is 0 Å². The van der Waals surface area contributed by atoms with Gasteiger partial charge in [0, 0.05) is 6.20 Å². The molecule has 11 heavy (non-hydrogen) atoms. The molecule has 0 bridgehead atoms. The molecule has 0 radical (unpaired) electrons. The van der Waals surface area contributed by atoms with E-state index in [1.807, 2.05) is 13.8 Å². The van der Waals surface area contributed by atoms with Gasteiger partial charge < -0.3 is 4.84 Å². The highest BCUT2D eigenvalue weighted by Gasteiger charge is 1.97. The molecule has 0 fully saturated rings. The average Bonchev–Trinajstić information content (AvgIpc) is 2.52. The summed E-state index contributed by atoms with van der Waals surface area (Å²) in [5, 5.41) is 3.87. The largest absolute Gasteiger partial charge is 0.396 e. The molecule has 0 aliphatic carbocycles. The third-order valence-electron chi connectivity index (χ3n) is 1.12. The van der Waals surface area contributed by atoms with Crippen LogP contribution in [0.1, 0.15) is 18.7 Å². The first kappa shape index (κ1) is 8.20. The topological polar surface area (TPSA) is 34.5 Å². The third-order valence-corrected chi connectivity index (χ3v) is 2.00. The lowest BCUT2D eigenvalue weighted by Crippen LogP contribution is -1.92. The molecule has 0 aromatic carbocycles. The van der Waals surface area contributed by atoms with E-state index in [9.17, 15) is 0 Å². The van der Waals surface area contributed by atoms with E-state index in [0.717, 1.165) is 10.6 Å². The molecular formula is C7H10N2OS. The van der Waals surface area contributed by atoms with E-state index in [1.54, 1.807) is 23.0 Å². The Hall–Kier alpha value is -0.900. The number of oxime groups is 1. The van der Waals surface area contributed by atoms with Crippen LogP contribution >= 0.6 is 11.3 Å². The zero-order valence-electron chi connectivity index (χ0n) is 6.57. The standard InChI is InChI=1S/C7H10N2OS/c1-3-10-9-6(2)7-4-8-5-11-7/h4-5H,3H2,1-2H3/b9-6+. The van der Waals surface area contributed by atoms with Crippen molar-refractivity contribution in [3.8, 4) is 0 Å². The van der Waals surface area contributed by atoms with Gasteiger partial charge in [-0.15, -0.1) is 11.3 Å². The number of hydrogen-bond acceptors (Lipinski definition) is 4. The maximum Gasteiger partial charge on any atom is 0.114 e. The number of hydrogen-bond donors (Lipinski definition) is 0. The molecule has 1 aromatic heterocycles. The lowest BCUT2D eigenvalue weighted by Gasteiger charge is -1.94. The van der Waals surface area contributed by atoms with Gasteiger partial charge in [0.15, 0.2) is 0 Å². The van der Waals surface area contributed by atoms with E-state index in [0.29, 0.717) is 6.61 Å². The van der Waals surface area contributed by atoms with Gasteiger partial charge in [0.05, 0.1) is 16.1 Å². The Morgan fingerprint density at radius 1 is 1.82 bits per heavy atom. The Morgan fingerprint density at radius 3 is 3.18 bits per heavy atom. The van der Waals surface area contributed by atoms with Crippen molar-refractivity contribution < 1.29 is 4.84 Å². The van der Waals surface area contributed by atoms with Crippen molar-refractivity contribution >= 4 is 17.0 Å². The fourth-order valence-corrected chi connectivity index (χ4v) is 1.17. The Balaban J connectivity index is 2.62. The first-order valence-electron chi connectivity index (χ1n) is 3.40. The molecule has 0 aliphatic rings. The number of rotatable bonds is 3. The molecule has 0 saturated carbocycles. The molecule has 0 aliphatic heterocycles. The molecule has 1 heterocycles. The van der Waals surface area contributed by atoms with E-state index < -0.39 is 0 Å². The maximum atomic E-state index is 4.89. The average molecular weight is 170 g/mol. The van der Waals surface area contributed by atoms with Crippen LogP contribution in [0.25, 0.3) is 0 Å². The van der Waals surface area contributed by atoms with Crippen LogP contribution in [0.5, 0.6) is 0 Å². The number of thiazole rings is 1. The second kappa shape index (κ2) is 4.08. The highest BCUT2D eigenvalue weighted by atomic mass is 32.1. The molecule has 4 heteroatoms. The molecule has 3 nitrogen and oxygen atoms in total. The van der Waals surface area contributed by atoms with E-state index in [2.05, 4.69) is 10.1 Å². The zero-order chi connectivity index (χ0) is 8.10. The molecule has 0 unspecified atom stereocenters. The second-order valence-corrected chi connectivity index (χ2v) is 2.85. The third kappa shape index (κ3) is 2.31. The van der Waals surface area contributed by atoms with Crippen molar-refractivity contribution in [2.24, 2.45) is 5.16 Å². The minimum absolute atomic E-state index is 0.607. The first-order valence-corrected chi connectivity index (χ1v) is 4.28. The molecule has 0 spiro atoms. The highest BCUT2D eigenvalue weighted by molar-refractivity contribution is 7.11. The quantitative estimate of drug-likeness (QED) is 0.513. The lowest BCUT2D eigenvalue weighted by molar-refractivity contribution is 0.159. The van der Waals surface area contributed by atoms with Gasteiger partial charge in [-0.1, -0.05) is 5.16 Å². The summed E-state index contributed by atoms with van der Waals surface area (Å²) in [6.45, 7) is 4.42. The Morgan fingerprint density at radius 2 is 2.64 bits per heavy atom. The van der Waals surface area contributed by atoms with Crippen molar-refractivity contribution in [3.05, 3.63) is 16.6 Å². The van der Waals surface area contributed by atoms with Crippen LogP contribution in [-0.2, 0) is 4.84 Å². The molecule has 0 amide bonds. The van der Waals surface area contributed by atoms with Crippen LogP contribution in [0, 0.1) is 0 Å². The fraction of sp³-hybridized carbons (Fsp3) is 0.429. The predicted octanol–water partition coefficient (Wildman–Crippen LogP) is 1.90. The van der Waals surface area contributed by atoms with E-state index in [4.69, 9.17) is 4.84 Å². The SMILES string of the molecule is CCO/N=C(\C)c1cncs1. The minimum Gasteiger partial charge on any atom is -0.396 e. The van der Waals surface area contributed by atoms with Gasteiger partial charge in [0.2, 0.25) is 0 Å². The smallest absolute Gasteiger partial charge is 0.114 e. The van der Waals surface area contributed by atoms with Crippen LogP contribution < -0.4 is 0 Å². The van der Waals surface area contributed by atoms with Gasteiger partial charge >= 0.3 is 0 Å². The summed E-state index contributed by atoms with van der Waals surface area (Å²) in [4.78, 5) is 9.87. The van der Waals surface area contributed by atoms with Crippen LogP contribution in [0.4, 0.5) is 0 Å². The summed E-state index contributed by atoms with van der Waals surface area (Å²) in [5.41, 5.74) is 2.66.